The Labute approximate surface area is 144 Å². The molecule has 132 valence electrons. The van der Waals surface area contributed by atoms with Crippen LogP contribution in [0, 0.1) is 11.6 Å². The number of ether oxygens (including phenoxy) is 1. The number of carbonyl (C=O) groups is 2. The third kappa shape index (κ3) is 5.00. The summed E-state index contributed by atoms with van der Waals surface area (Å²) in [5.41, 5.74) is 0.655. The van der Waals surface area contributed by atoms with Crippen LogP contribution in [-0.4, -0.2) is 18.4 Å². The number of amides is 2. The Kier molecular flexibility index (Phi) is 6.05. The molecule has 0 saturated heterocycles. The molecule has 0 radical (unpaired) electrons. The maximum Gasteiger partial charge on any atom is 0.251 e. The zero-order valence-corrected chi connectivity index (χ0v) is 13.9. The Bertz CT molecular complexity index is 794. The van der Waals surface area contributed by atoms with Gasteiger partial charge in [0.05, 0.1) is 12.3 Å². The van der Waals surface area contributed by atoms with Crippen molar-refractivity contribution in [3.05, 3.63) is 59.2 Å². The van der Waals surface area contributed by atoms with E-state index in [1.165, 1.54) is 31.2 Å². The van der Waals surface area contributed by atoms with E-state index in [2.05, 4.69) is 10.6 Å². The summed E-state index contributed by atoms with van der Waals surface area (Å²) in [6.07, 6.45) is 0. The molecule has 25 heavy (non-hydrogen) atoms. The number of nitrogens with one attached hydrogen (secondary N) is 2. The molecule has 7 heteroatoms. The quantitative estimate of drug-likeness (QED) is 0.842. The van der Waals surface area contributed by atoms with Crippen LogP contribution in [0.25, 0.3) is 0 Å². The average molecular weight is 348 g/mol. The summed E-state index contributed by atoms with van der Waals surface area (Å²) in [5.74, 6) is -1.91. The minimum Gasteiger partial charge on any atom is -0.491 e. The first-order chi connectivity index (χ1) is 11.9. The maximum absolute atomic E-state index is 13.8. The van der Waals surface area contributed by atoms with E-state index in [1.54, 1.807) is 13.0 Å². The molecule has 0 aliphatic rings. The Morgan fingerprint density at radius 2 is 1.84 bits per heavy atom. The zero-order chi connectivity index (χ0) is 18.4. The first-order valence-electron chi connectivity index (χ1n) is 7.67. The van der Waals surface area contributed by atoms with Gasteiger partial charge in [-0.05, 0) is 42.8 Å². The summed E-state index contributed by atoms with van der Waals surface area (Å²) < 4.78 is 32.5. The molecule has 2 aromatic carbocycles. The molecule has 2 amide bonds. The van der Waals surface area contributed by atoms with Crippen LogP contribution in [0.15, 0.2) is 36.4 Å². The predicted octanol–water partition coefficient (Wildman–Crippen LogP) is 3.25. The van der Waals surface area contributed by atoms with E-state index < -0.39 is 23.4 Å². The highest BCUT2D eigenvalue weighted by atomic mass is 19.1. The van der Waals surface area contributed by atoms with Crippen LogP contribution in [0.2, 0.25) is 0 Å². The van der Waals surface area contributed by atoms with Crippen molar-refractivity contribution in [2.45, 2.75) is 20.4 Å². The van der Waals surface area contributed by atoms with Gasteiger partial charge < -0.3 is 15.4 Å². The van der Waals surface area contributed by atoms with Gasteiger partial charge in [-0.15, -0.1) is 0 Å². The lowest BCUT2D eigenvalue weighted by Gasteiger charge is -2.10. The summed E-state index contributed by atoms with van der Waals surface area (Å²) in [5, 5.41) is 4.92. The van der Waals surface area contributed by atoms with Crippen molar-refractivity contribution in [1.82, 2.24) is 5.32 Å². The molecular weight excluding hydrogens is 330 g/mol. The number of hydrogen-bond acceptors (Lipinski definition) is 3. The maximum atomic E-state index is 13.8. The van der Waals surface area contributed by atoms with Crippen LogP contribution >= 0.6 is 0 Å². The summed E-state index contributed by atoms with van der Waals surface area (Å²) in [6, 6.07) is 8.05. The van der Waals surface area contributed by atoms with Gasteiger partial charge in [-0.2, -0.15) is 0 Å². The van der Waals surface area contributed by atoms with E-state index in [-0.39, 0.29) is 23.5 Å². The molecule has 0 spiro atoms. The molecular formula is C18H18F2N2O3. The Morgan fingerprint density at radius 1 is 1.08 bits per heavy atom. The largest absolute Gasteiger partial charge is 0.491 e. The number of rotatable bonds is 6. The van der Waals surface area contributed by atoms with Gasteiger partial charge in [0.15, 0.2) is 11.6 Å². The lowest BCUT2D eigenvalue weighted by Crippen LogP contribution is -2.23. The van der Waals surface area contributed by atoms with E-state index in [4.69, 9.17) is 4.74 Å². The van der Waals surface area contributed by atoms with Gasteiger partial charge in [0.25, 0.3) is 5.91 Å². The van der Waals surface area contributed by atoms with Crippen molar-refractivity contribution in [3.63, 3.8) is 0 Å². The second kappa shape index (κ2) is 8.23. The van der Waals surface area contributed by atoms with Gasteiger partial charge in [-0.25, -0.2) is 8.78 Å². The molecule has 0 unspecified atom stereocenters. The van der Waals surface area contributed by atoms with Crippen LogP contribution in [0.5, 0.6) is 5.75 Å². The summed E-state index contributed by atoms with van der Waals surface area (Å²) >= 11 is 0. The Morgan fingerprint density at radius 3 is 2.48 bits per heavy atom. The first-order valence-corrected chi connectivity index (χ1v) is 7.67. The second-order valence-electron chi connectivity index (χ2n) is 5.26. The van der Waals surface area contributed by atoms with Gasteiger partial charge in [0.2, 0.25) is 5.91 Å². The molecule has 5 nitrogen and oxygen atoms in total. The summed E-state index contributed by atoms with van der Waals surface area (Å²) in [4.78, 5) is 23.2. The summed E-state index contributed by atoms with van der Waals surface area (Å²) in [6.45, 7) is 3.45. The molecule has 0 aliphatic heterocycles. The van der Waals surface area contributed by atoms with Crippen LogP contribution in [0.4, 0.5) is 14.5 Å². The first kappa shape index (κ1) is 18.4. The fourth-order valence-electron chi connectivity index (χ4n) is 2.16. The number of halogens is 2. The second-order valence-corrected chi connectivity index (χ2v) is 5.26. The van der Waals surface area contributed by atoms with E-state index >= 15 is 0 Å². The highest BCUT2D eigenvalue weighted by molar-refractivity contribution is 5.96. The van der Waals surface area contributed by atoms with Gasteiger partial charge in [0, 0.05) is 19.0 Å². The lowest BCUT2D eigenvalue weighted by molar-refractivity contribution is -0.114. The molecule has 2 aromatic rings. The molecule has 0 heterocycles. The normalized spacial score (nSPS) is 10.2. The SMILES string of the molecule is CCOc1ccc(CNC(=O)c2ccc(F)c(NC(C)=O)c2)cc1F. The third-order valence-electron chi connectivity index (χ3n) is 3.29. The number of anilines is 1. The predicted molar refractivity (Wildman–Crippen MR) is 89.4 cm³/mol. The lowest BCUT2D eigenvalue weighted by atomic mass is 10.1. The smallest absolute Gasteiger partial charge is 0.251 e. The fraction of sp³-hybridized carbons (Fsp3) is 0.222. The molecule has 2 rings (SSSR count). The van der Waals surface area contributed by atoms with Gasteiger partial charge >= 0.3 is 0 Å². The minimum atomic E-state index is -0.639. The molecule has 0 aliphatic carbocycles. The van der Waals surface area contributed by atoms with Crippen molar-refractivity contribution in [2.24, 2.45) is 0 Å². The highest BCUT2D eigenvalue weighted by Gasteiger charge is 2.11. The van der Waals surface area contributed by atoms with Crippen molar-refractivity contribution in [1.29, 1.82) is 0 Å². The van der Waals surface area contributed by atoms with E-state index in [0.717, 1.165) is 6.07 Å². The topological polar surface area (TPSA) is 67.4 Å². The number of carbonyl (C=O) groups excluding carboxylic acids is 2. The molecule has 0 aromatic heterocycles. The molecule has 0 fully saturated rings. The molecule has 0 atom stereocenters. The van der Waals surface area contributed by atoms with Crippen molar-refractivity contribution >= 4 is 17.5 Å². The van der Waals surface area contributed by atoms with Crippen molar-refractivity contribution < 1.29 is 23.1 Å². The fourth-order valence-corrected chi connectivity index (χ4v) is 2.16. The number of benzene rings is 2. The Hall–Kier alpha value is -2.96. The minimum absolute atomic E-state index is 0.0766. The summed E-state index contributed by atoms with van der Waals surface area (Å²) in [7, 11) is 0. The van der Waals surface area contributed by atoms with E-state index in [1.807, 2.05) is 0 Å². The third-order valence-corrected chi connectivity index (χ3v) is 3.29. The van der Waals surface area contributed by atoms with Gasteiger partial charge in [-0.1, -0.05) is 6.07 Å². The molecule has 0 saturated carbocycles. The van der Waals surface area contributed by atoms with Crippen molar-refractivity contribution in [2.75, 3.05) is 11.9 Å². The zero-order valence-electron chi connectivity index (χ0n) is 13.9. The van der Waals surface area contributed by atoms with Gasteiger partial charge in [0.1, 0.15) is 5.82 Å². The van der Waals surface area contributed by atoms with Crippen LogP contribution in [0.3, 0.4) is 0 Å². The van der Waals surface area contributed by atoms with Crippen LogP contribution in [-0.2, 0) is 11.3 Å². The number of hydrogen-bond donors (Lipinski definition) is 2. The van der Waals surface area contributed by atoms with E-state index in [9.17, 15) is 18.4 Å². The molecule has 2 N–H and O–H groups in total. The Balaban J connectivity index is 2.05. The van der Waals surface area contributed by atoms with Crippen molar-refractivity contribution in [3.8, 4) is 5.75 Å². The standard InChI is InChI=1S/C18H18F2N2O3/c1-3-25-17-7-4-12(8-15(17)20)10-21-18(24)13-5-6-14(19)16(9-13)22-11(2)23/h4-9H,3,10H2,1-2H3,(H,21,24)(H,22,23). The monoisotopic (exact) mass is 348 g/mol. The van der Waals surface area contributed by atoms with E-state index in [0.29, 0.717) is 12.2 Å². The average Bonchev–Trinajstić information content (AvgIpc) is 2.56. The highest BCUT2D eigenvalue weighted by Crippen LogP contribution is 2.19. The van der Waals surface area contributed by atoms with Crippen LogP contribution in [0.1, 0.15) is 29.8 Å². The van der Waals surface area contributed by atoms with Crippen LogP contribution < -0.4 is 15.4 Å². The molecule has 0 bridgehead atoms. The van der Waals surface area contributed by atoms with Gasteiger partial charge in [-0.3, -0.25) is 9.59 Å².